The fraction of sp³-hybridized carbons (Fsp3) is 0.474. The molecule has 1 atom stereocenters. The number of rotatable bonds is 8. The summed E-state index contributed by atoms with van der Waals surface area (Å²) in [5.74, 6) is 1.89. The topological polar surface area (TPSA) is 75.4 Å². The Morgan fingerprint density at radius 2 is 2.12 bits per heavy atom. The van der Waals surface area contributed by atoms with E-state index >= 15 is 0 Å². The maximum absolute atomic E-state index is 12.1. The van der Waals surface area contributed by atoms with Crippen molar-refractivity contribution in [3.05, 3.63) is 41.9 Å². The Morgan fingerprint density at radius 3 is 2.79 bits per heavy atom. The van der Waals surface area contributed by atoms with Gasteiger partial charge >= 0.3 is 0 Å². The number of nitrogens with one attached hydrogen (secondary N) is 1. The van der Waals surface area contributed by atoms with Crippen LogP contribution in [-0.4, -0.2) is 28.6 Å². The van der Waals surface area contributed by atoms with Gasteiger partial charge in [-0.3, -0.25) is 4.79 Å². The van der Waals surface area contributed by atoms with E-state index in [9.17, 15) is 4.79 Å². The van der Waals surface area contributed by atoms with Crippen molar-refractivity contribution in [2.45, 2.75) is 45.1 Å². The molecule has 0 aliphatic heterocycles. The van der Waals surface area contributed by atoms with Crippen LogP contribution in [0.1, 0.15) is 37.3 Å². The molecule has 1 fully saturated rings. The van der Waals surface area contributed by atoms with Gasteiger partial charge in [0.1, 0.15) is 0 Å². The van der Waals surface area contributed by atoms with Crippen molar-refractivity contribution in [1.82, 2.24) is 10.3 Å². The van der Waals surface area contributed by atoms with Crippen molar-refractivity contribution in [3.8, 4) is 11.3 Å². The van der Waals surface area contributed by atoms with Gasteiger partial charge in [0.25, 0.3) is 0 Å². The second-order valence-corrected chi connectivity index (χ2v) is 6.41. The molecule has 0 bridgehead atoms. The highest BCUT2D eigenvalue weighted by Gasteiger charge is 2.31. The third kappa shape index (κ3) is 4.23. The van der Waals surface area contributed by atoms with E-state index in [1.54, 1.807) is 0 Å². The fourth-order valence-corrected chi connectivity index (χ4v) is 2.98. The van der Waals surface area contributed by atoms with Gasteiger partial charge in [-0.2, -0.15) is 0 Å². The number of carbonyl (C=O) groups is 1. The molecule has 1 aromatic heterocycles. The highest BCUT2D eigenvalue weighted by atomic mass is 16.4. The van der Waals surface area contributed by atoms with E-state index in [4.69, 9.17) is 9.52 Å². The zero-order valence-electron chi connectivity index (χ0n) is 14.0. The third-order valence-corrected chi connectivity index (χ3v) is 4.42. The summed E-state index contributed by atoms with van der Waals surface area (Å²) in [5, 5.41) is 12.1. The number of benzene rings is 1. The maximum Gasteiger partial charge on any atom is 0.220 e. The largest absolute Gasteiger partial charge is 0.440 e. The van der Waals surface area contributed by atoms with Crippen molar-refractivity contribution in [2.75, 3.05) is 6.61 Å². The van der Waals surface area contributed by atoms with Gasteiger partial charge in [-0.1, -0.05) is 30.3 Å². The summed E-state index contributed by atoms with van der Waals surface area (Å²) >= 11 is 0. The van der Waals surface area contributed by atoms with Crippen LogP contribution in [0, 0.1) is 12.8 Å². The summed E-state index contributed by atoms with van der Waals surface area (Å²) in [6.07, 6.45) is 3.75. The molecule has 2 N–H and O–H groups in total. The molecule has 3 rings (SSSR count). The minimum atomic E-state index is -0.00235. The Balaban J connectivity index is 1.56. The van der Waals surface area contributed by atoms with Crippen molar-refractivity contribution in [1.29, 1.82) is 0 Å². The Morgan fingerprint density at radius 1 is 1.38 bits per heavy atom. The molecular formula is C19H24N2O3. The Labute approximate surface area is 142 Å². The summed E-state index contributed by atoms with van der Waals surface area (Å²) in [7, 11) is 0. The molecule has 128 valence electrons. The third-order valence-electron chi connectivity index (χ3n) is 4.42. The molecule has 5 heteroatoms. The van der Waals surface area contributed by atoms with Crippen LogP contribution in [0.5, 0.6) is 0 Å². The minimum Gasteiger partial charge on any atom is -0.440 e. The van der Waals surface area contributed by atoms with Gasteiger partial charge in [0.15, 0.2) is 11.7 Å². The van der Waals surface area contributed by atoms with Crippen molar-refractivity contribution in [2.24, 2.45) is 5.92 Å². The number of aliphatic hydroxyl groups excluding tert-OH is 1. The fourth-order valence-electron chi connectivity index (χ4n) is 2.98. The number of hydrogen-bond acceptors (Lipinski definition) is 4. The van der Waals surface area contributed by atoms with Crippen molar-refractivity contribution >= 4 is 5.91 Å². The Hall–Kier alpha value is -2.14. The molecule has 1 unspecified atom stereocenters. The lowest BCUT2D eigenvalue weighted by molar-refractivity contribution is -0.122. The highest BCUT2D eigenvalue weighted by molar-refractivity contribution is 5.76. The summed E-state index contributed by atoms with van der Waals surface area (Å²) in [4.78, 5) is 16.6. The molecule has 2 aromatic rings. The van der Waals surface area contributed by atoms with Crippen LogP contribution in [0.15, 0.2) is 34.7 Å². The quantitative estimate of drug-likeness (QED) is 0.781. The van der Waals surface area contributed by atoms with E-state index < -0.39 is 0 Å². The molecule has 24 heavy (non-hydrogen) atoms. The predicted octanol–water partition coefficient (Wildman–Crippen LogP) is 2.86. The molecule has 1 saturated carbocycles. The van der Waals surface area contributed by atoms with Gasteiger partial charge in [-0.05, 0) is 32.1 Å². The van der Waals surface area contributed by atoms with Crippen LogP contribution in [-0.2, 0) is 11.2 Å². The Bertz CT molecular complexity index is 677. The highest BCUT2D eigenvalue weighted by Crippen LogP contribution is 2.34. The number of carbonyl (C=O) groups excluding carboxylic acids is 1. The molecular weight excluding hydrogens is 304 g/mol. The number of nitrogens with zero attached hydrogens (tertiary/aromatic N) is 1. The summed E-state index contributed by atoms with van der Waals surface area (Å²) < 4.78 is 5.83. The van der Waals surface area contributed by atoms with E-state index in [2.05, 4.69) is 10.3 Å². The minimum absolute atomic E-state index is 0.00235. The van der Waals surface area contributed by atoms with E-state index in [1.807, 2.05) is 37.3 Å². The standard InChI is InChI=1S/C19H24N2O3/c1-13-19(15-5-3-2-4-6-15)24-18(20-13)10-9-17(23)21-16(11-12-22)14-7-8-14/h2-6,14,16,22H,7-12H2,1H3,(H,21,23). The number of aryl methyl sites for hydroxylation is 2. The number of oxazole rings is 1. The van der Waals surface area contributed by atoms with E-state index in [-0.39, 0.29) is 18.6 Å². The second kappa shape index (κ2) is 7.62. The molecule has 0 saturated heterocycles. The van der Waals surface area contributed by atoms with E-state index in [0.29, 0.717) is 31.1 Å². The molecule has 5 nitrogen and oxygen atoms in total. The summed E-state index contributed by atoms with van der Waals surface area (Å²) in [6, 6.07) is 9.96. The SMILES string of the molecule is Cc1nc(CCC(=O)NC(CCO)C2CC2)oc1-c1ccccc1. The molecule has 0 radical (unpaired) electrons. The maximum atomic E-state index is 12.1. The predicted molar refractivity (Wildman–Crippen MR) is 91.4 cm³/mol. The lowest BCUT2D eigenvalue weighted by Gasteiger charge is -2.16. The smallest absolute Gasteiger partial charge is 0.220 e. The van der Waals surface area contributed by atoms with E-state index in [0.717, 1.165) is 29.9 Å². The first-order chi connectivity index (χ1) is 11.7. The number of aromatic nitrogens is 1. The molecule has 1 aliphatic carbocycles. The normalized spacial score (nSPS) is 15.2. The zero-order valence-corrected chi connectivity index (χ0v) is 14.0. The van der Waals surface area contributed by atoms with Crippen molar-refractivity contribution < 1.29 is 14.3 Å². The van der Waals surface area contributed by atoms with Crippen LogP contribution in [0.2, 0.25) is 0 Å². The van der Waals surface area contributed by atoms with Gasteiger partial charge in [0.05, 0.1) is 5.69 Å². The van der Waals surface area contributed by atoms with Crippen LogP contribution >= 0.6 is 0 Å². The van der Waals surface area contributed by atoms with Gasteiger partial charge < -0.3 is 14.8 Å². The lowest BCUT2D eigenvalue weighted by Crippen LogP contribution is -2.37. The first-order valence-electron chi connectivity index (χ1n) is 8.59. The van der Waals surface area contributed by atoms with Crippen LogP contribution in [0.4, 0.5) is 0 Å². The molecule has 1 amide bonds. The van der Waals surface area contributed by atoms with Crippen molar-refractivity contribution in [3.63, 3.8) is 0 Å². The zero-order chi connectivity index (χ0) is 16.9. The van der Waals surface area contributed by atoms with Gasteiger partial charge in [0, 0.05) is 31.1 Å². The molecule has 0 spiro atoms. The first kappa shape index (κ1) is 16.7. The van der Waals surface area contributed by atoms with E-state index in [1.165, 1.54) is 0 Å². The average Bonchev–Trinajstić information content (AvgIpc) is 3.36. The lowest BCUT2D eigenvalue weighted by atomic mass is 10.1. The van der Waals surface area contributed by atoms with Crippen LogP contribution < -0.4 is 5.32 Å². The molecule has 1 aromatic carbocycles. The molecule has 1 heterocycles. The van der Waals surface area contributed by atoms with Gasteiger partial charge in [0.2, 0.25) is 5.91 Å². The molecule has 1 aliphatic rings. The summed E-state index contributed by atoms with van der Waals surface area (Å²) in [5.41, 5.74) is 1.84. The Kier molecular flexibility index (Phi) is 5.30. The van der Waals surface area contributed by atoms with Gasteiger partial charge in [-0.25, -0.2) is 4.98 Å². The second-order valence-electron chi connectivity index (χ2n) is 6.41. The number of aliphatic hydroxyl groups is 1. The monoisotopic (exact) mass is 328 g/mol. The van der Waals surface area contributed by atoms with Crippen LogP contribution in [0.3, 0.4) is 0 Å². The average molecular weight is 328 g/mol. The van der Waals surface area contributed by atoms with Crippen LogP contribution in [0.25, 0.3) is 11.3 Å². The number of hydrogen-bond donors (Lipinski definition) is 2. The summed E-state index contributed by atoms with van der Waals surface area (Å²) in [6.45, 7) is 2.03. The van der Waals surface area contributed by atoms with Gasteiger partial charge in [-0.15, -0.1) is 0 Å². The number of amides is 1. The first-order valence-corrected chi connectivity index (χ1v) is 8.59.